The van der Waals surface area contributed by atoms with Gasteiger partial charge in [-0.3, -0.25) is 4.79 Å². The number of thioether (sulfide) groups is 1. The number of anilines is 1. The summed E-state index contributed by atoms with van der Waals surface area (Å²) in [6, 6.07) is 13.9. The van der Waals surface area contributed by atoms with E-state index in [0.717, 1.165) is 23.5 Å². The molecule has 5 heteroatoms. The highest BCUT2D eigenvalue weighted by Crippen LogP contribution is 2.35. The molecular weight excluding hydrogens is 322 g/mol. The van der Waals surface area contributed by atoms with Crippen molar-refractivity contribution in [1.82, 2.24) is 0 Å². The highest BCUT2D eigenvalue weighted by molar-refractivity contribution is 7.99. The summed E-state index contributed by atoms with van der Waals surface area (Å²) in [4.78, 5) is 15.8. The number of fused-ring (bicyclic) bond motifs is 1. The maximum absolute atomic E-state index is 12.7. The van der Waals surface area contributed by atoms with Crippen LogP contribution in [0.4, 0.5) is 5.69 Å². The van der Waals surface area contributed by atoms with Crippen LogP contribution in [-0.4, -0.2) is 32.4 Å². The first kappa shape index (κ1) is 16.7. The fourth-order valence-corrected chi connectivity index (χ4v) is 3.95. The van der Waals surface area contributed by atoms with Gasteiger partial charge in [0.2, 0.25) is 5.91 Å². The summed E-state index contributed by atoms with van der Waals surface area (Å²) in [7, 11) is 3.25. The van der Waals surface area contributed by atoms with Crippen LogP contribution < -0.4 is 14.4 Å². The summed E-state index contributed by atoms with van der Waals surface area (Å²) in [5, 5.41) is 0. The van der Waals surface area contributed by atoms with Gasteiger partial charge in [-0.1, -0.05) is 24.3 Å². The SMILES string of the molecule is COc1cccc(CCC(=O)N2CCSc3ccccc32)c1OC. The van der Waals surface area contributed by atoms with Crippen LogP contribution in [-0.2, 0) is 11.2 Å². The lowest BCUT2D eigenvalue weighted by Gasteiger charge is -2.29. The number of para-hydroxylation sites is 2. The Morgan fingerprint density at radius 3 is 2.75 bits per heavy atom. The molecule has 4 nitrogen and oxygen atoms in total. The van der Waals surface area contributed by atoms with E-state index in [0.29, 0.717) is 24.3 Å². The highest BCUT2D eigenvalue weighted by Gasteiger charge is 2.22. The number of carbonyl (C=O) groups is 1. The summed E-state index contributed by atoms with van der Waals surface area (Å²) in [6.07, 6.45) is 1.08. The van der Waals surface area contributed by atoms with Crippen molar-refractivity contribution < 1.29 is 14.3 Å². The Kier molecular flexibility index (Phi) is 5.30. The van der Waals surface area contributed by atoms with Gasteiger partial charge in [0.25, 0.3) is 0 Å². The van der Waals surface area contributed by atoms with Crippen molar-refractivity contribution in [3.63, 3.8) is 0 Å². The van der Waals surface area contributed by atoms with Crippen molar-refractivity contribution in [2.24, 2.45) is 0 Å². The molecule has 1 heterocycles. The molecule has 2 aromatic rings. The second-order valence-electron chi connectivity index (χ2n) is 5.51. The second kappa shape index (κ2) is 7.62. The molecule has 0 saturated heterocycles. The number of amides is 1. The Hall–Kier alpha value is -2.14. The third-order valence-corrected chi connectivity index (χ3v) is 5.17. The molecule has 1 aliphatic rings. The fourth-order valence-electron chi connectivity index (χ4n) is 2.96. The zero-order chi connectivity index (χ0) is 16.9. The smallest absolute Gasteiger partial charge is 0.227 e. The van der Waals surface area contributed by atoms with Gasteiger partial charge in [-0.05, 0) is 30.2 Å². The van der Waals surface area contributed by atoms with E-state index >= 15 is 0 Å². The third-order valence-electron chi connectivity index (χ3n) is 4.12. The van der Waals surface area contributed by atoms with Gasteiger partial charge in [0.15, 0.2) is 11.5 Å². The summed E-state index contributed by atoms with van der Waals surface area (Å²) in [5.41, 5.74) is 2.02. The van der Waals surface area contributed by atoms with E-state index in [1.165, 1.54) is 4.90 Å². The molecule has 0 radical (unpaired) electrons. The molecule has 0 N–H and O–H groups in total. The largest absolute Gasteiger partial charge is 0.493 e. The van der Waals surface area contributed by atoms with Gasteiger partial charge in [0, 0.05) is 23.6 Å². The monoisotopic (exact) mass is 343 g/mol. The number of benzene rings is 2. The van der Waals surface area contributed by atoms with Crippen LogP contribution in [0.1, 0.15) is 12.0 Å². The lowest BCUT2D eigenvalue weighted by atomic mass is 10.1. The maximum Gasteiger partial charge on any atom is 0.227 e. The molecule has 3 rings (SSSR count). The minimum atomic E-state index is 0.146. The molecule has 0 spiro atoms. The summed E-state index contributed by atoms with van der Waals surface area (Å²) in [6.45, 7) is 0.760. The summed E-state index contributed by atoms with van der Waals surface area (Å²) < 4.78 is 10.8. The number of hydrogen-bond acceptors (Lipinski definition) is 4. The van der Waals surface area contributed by atoms with Gasteiger partial charge in [0.1, 0.15) is 0 Å². The Balaban J connectivity index is 1.73. The molecule has 0 aromatic heterocycles. The average Bonchev–Trinajstić information content (AvgIpc) is 2.65. The molecule has 126 valence electrons. The van der Waals surface area contributed by atoms with E-state index in [1.54, 1.807) is 26.0 Å². The highest BCUT2D eigenvalue weighted by atomic mass is 32.2. The van der Waals surface area contributed by atoms with Gasteiger partial charge in [-0.15, -0.1) is 11.8 Å². The Bertz CT molecular complexity index is 732. The van der Waals surface area contributed by atoms with Gasteiger partial charge in [-0.25, -0.2) is 0 Å². The van der Waals surface area contributed by atoms with Crippen molar-refractivity contribution in [2.75, 3.05) is 31.4 Å². The van der Waals surface area contributed by atoms with Crippen molar-refractivity contribution in [2.45, 2.75) is 17.7 Å². The van der Waals surface area contributed by atoms with Crippen LogP contribution in [0.2, 0.25) is 0 Å². The van der Waals surface area contributed by atoms with Crippen molar-refractivity contribution in [3.05, 3.63) is 48.0 Å². The van der Waals surface area contributed by atoms with Crippen LogP contribution in [0.25, 0.3) is 0 Å². The molecule has 1 amide bonds. The topological polar surface area (TPSA) is 38.8 Å². The molecule has 1 aliphatic heterocycles. The van der Waals surface area contributed by atoms with Crippen LogP contribution in [0.5, 0.6) is 11.5 Å². The van der Waals surface area contributed by atoms with Gasteiger partial charge < -0.3 is 14.4 Å². The predicted octanol–water partition coefficient (Wildman–Crippen LogP) is 3.78. The Morgan fingerprint density at radius 2 is 1.96 bits per heavy atom. The number of rotatable bonds is 5. The molecule has 0 aliphatic carbocycles. The zero-order valence-corrected chi connectivity index (χ0v) is 14.8. The van der Waals surface area contributed by atoms with E-state index in [1.807, 2.05) is 41.3 Å². The number of carbonyl (C=O) groups excluding carboxylic acids is 1. The average molecular weight is 343 g/mol. The lowest BCUT2D eigenvalue weighted by Crippen LogP contribution is -2.35. The zero-order valence-electron chi connectivity index (χ0n) is 14.0. The van der Waals surface area contributed by atoms with Gasteiger partial charge in [-0.2, -0.15) is 0 Å². The number of nitrogens with zero attached hydrogens (tertiary/aromatic N) is 1. The molecule has 0 atom stereocenters. The van der Waals surface area contributed by atoms with Crippen molar-refractivity contribution >= 4 is 23.4 Å². The number of hydrogen-bond donors (Lipinski definition) is 0. The third kappa shape index (κ3) is 3.36. The van der Waals surface area contributed by atoms with E-state index in [9.17, 15) is 4.79 Å². The normalized spacial score (nSPS) is 13.3. The quantitative estimate of drug-likeness (QED) is 0.828. The lowest BCUT2D eigenvalue weighted by molar-refractivity contribution is -0.118. The number of methoxy groups -OCH3 is 2. The molecule has 0 fully saturated rings. The van der Waals surface area contributed by atoms with E-state index < -0.39 is 0 Å². The van der Waals surface area contributed by atoms with Crippen LogP contribution in [0, 0.1) is 0 Å². The van der Waals surface area contributed by atoms with Crippen LogP contribution >= 0.6 is 11.8 Å². The fraction of sp³-hybridized carbons (Fsp3) is 0.316. The second-order valence-corrected chi connectivity index (χ2v) is 6.65. The standard InChI is InChI=1S/C19H21NO3S/c1-22-16-8-5-6-14(19(16)23-2)10-11-18(21)20-12-13-24-17-9-4-3-7-15(17)20/h3-9H,10-13H2,1-2H3. The molecule has 0 unspecified atom stereocenters. The molecule has 0 saturated carbocycles. The first-order valence-electron chi connectivity index (χ1n) is 7.96. The van der Waals surface area contributed by atoms with Gasteiger partial charge >= 0.3 is 0 Å². The van der Waals surface area contributed by atoms with Gasteiger partial charge in [0.05, 0.1) is 19.9 Å². The van der Waals surface area contributed by atoms with Crippen LogP contribution in [0.3, 0.4) is 0 Å². The van der Waals surface area contributed by atoms with Crippen LogP contribution in [0.15, 0.2) is 47.4 Å². The predicted molar refractivity (Wildman–Crippen MR) is 97.4 cm³/mol. The Labute approximate surface area is 146 Å². The van der Waals surface area contributed by atoms with E-state index in [-0.39, 0.29) is 5.91 Å². The minimum absolute atomic E-state index is 0.146. The van der Waals surface area contributed by atoms with Crippen molar-refractivity contribution in [3.8, 4) is 11.5 Å². The minimum Gasteiger partial charge on any atom is -0.493 e. The van der Waals surface area contributed by atoms with Crippen molar-refractivity contribution in [1.29, 1.82) is 0 Å². The number of aryl methyl sites for hydroxylation is 1. The van der Waals surface area contributed by atoms with E-state index in [4.69, 9.17) is 9.47 Å². The molecule has 0 bridgehead atoms. The summed E-state index contributed by atoms with van der Waals surface area (Å²) in [5.74, 6) is 2.49. The molecule has 24 heavy (non-hydrogen) atoms. The van der Waals surface area contributed by atoms with E-state index in [2.05, 4.69) is 6.07 Å². The molecular formula is C19H21NO3S. The first-order chi connectivity index (χ1) is 11.7. The molecule has 2 aromatic carbocycles. The first-order valence-corrected chi connectivity index (χ1v) is 8.95. The maximum atomic E-state index is 12.7. The Morgan fingerprint density at radius 1 is 1.12 bits per heavy atom. The summed E-state index contributed by atoms with van der Waals surface area (Å²) >= 11 is 1.80. The number of ether oxygens (including phenoxy) is 2.